The quantitative estimate of drug-likeness (QED) is 0.651. The molecule has 0 aromatic carbocycles. The van der Waals surface area contributed by atoms with Crippen LogP contribution in [0.15, 0.2) is 0 Å². The molecule has 0 radical (unpaired) electrons. The minimum Gasteiger partial charge on any atom is -0.218 e. The van der Waals surface area contributed by atoms with E-state index < -0.39 is 8.87 Å². The maximum Gasteiger partial charge on any atom is 0.198 e. The fraction of sp³-hybridized carbons (Fsp3) is 1.00. The molecule has 80 valence electrons. The summed E-state index contributed by atoms with van der Waals surface area (Å²) in [5, 5.41) is 0. The third kappa shape index (κ3) is 4.91. The Morgan fingerprint density at radius 1 is 1.08 bits per heavy atom. The second kappa shape index (κ2) is 5.25. The highest BCUT2D eigenvalue weighted by atomic mass is 33.1. The first kappa shape index (κ1) is 13.3. The molecule has 0 aliphatic rings. The standard InChI is InChI=1S/C9H20O2S2/c1-5-9(6-2,7-3)8-12-13(4,10)11/h5-8H2,1-4H3. The van der Waals surface area contributed by atoms with Gasteiger partial charge in [-0.15, -0.1) is 0 Å². The molecule has 13 heavy (non-hydrogen) atoms. The lowest BCUT2D eigenvalue weighted by Crippen LogP contribution is -2.21. The minimum atomic E-state index is -2.87. The van der Waals surface area contributed by atoms with Crippen molar-refractivity contribution in [1.29, 1.82) is 0 Å². The highest BCUT2D eigenvalue weighted by Crippen LogP contribution is 2.35. The molecule has 0 aliphatic heterocycles. The molecule has 0 aromatic rings. The molecule has 0 amide bonds. The van der Waals surface area contributed by atoms with Crippen molar-refractivity contribution in [2.45, 2.75) is 40.0 Å². The van der Waals surface area contributed by atoms with Crippen LogP contribution in [0.4, 0.5) is 0 Å². The van der Waals surface area contributed by atoms with Crippen molar-refractivity contribution < 1.29 is 8.42 Å². The summed E-state index contributed by atoms with van der Waals surface area (Å²) >= 11 is 0. The van der Waals surface area contributed by atoms with Gasteiger partial charge in [0.15, 0.2) is 8.87 Å². The zero-order valence-electron chi connectivity index (χ0n) is 8.96. The van der Waals surface area contributed by atoms with Crippen molar-refractivity contribution in [3.63, 3.8) is 0 Å². The zero-order valence-corrected chi connectivity index (χ0v) is 10.6. The molecule has 0 saturated heterocycles. The van der Waals surface area contributed by atoms with Gasteiger partial charge < -0.3 is 0 Å². The van der Waals surface area contributed by atoms with E-state index in [4.69, 9.17) is 0 Å². The van der Waals surface area contributed by atoms with E-state index in [9.17, 15) is 8.42 Å². The smallest absolute Gasteiger partial charge is 0.198 e. The monoisotopic (exact) mass is 224 g/mol. The first-order chi connectivity index (χ1) is 5.89. The third-order valence-electron chi connectivity index (χ3n) is 2.83. The largest absolute Gasteiger partial charge is 0.218 e. The zero-order chi connectivity index (χ0) is 10.5. The molecule has 4 heteroatoms. The fourth-order valence-corrected chi connectivity index (χ4v) is 3.76. The van der Waals surface area contributed by atoms with Crippen molar-refractivity contribution in [3.05, 3.63) is 0 Å². The molecule has 0 aliphatic carbocycles. The van der Waals surface area contributed by atoms with Gasteiger partial charge in [-0.25, -0.2) is 8.42 Å². The molecule has 0 unspecified atom stereocenters. The van der Waals surface area contributed by atoms with Crippen LogP contribution in [0.3, 0.4) is 0 Å². The Morgan fingerprint density at radius 2 is 1.46 bits per heavy atom. The molecule has 0 fully saturated rings. The highest BCUT2D eigenvalue weighted by molar-refractivity contribution is 8.71. The summed E-state index contributed by atoms with van der Waals surface area (Å²) in [6, 6.07) is 0. The van der Waals surface area contributed by atoms with Crippen LogP contribution in [0.5, 0.6) is 0 Å². The van der Waals surface area contributed by atoms with Gasteiger partial charge in [0.1, 0.15) is 0 Å². The SMILES string of the molecule is CCC(CC)(CC)CSS(C)(=O)=O. The molecule has 0 rings (SSSR count). The van der Waals surface area contributed by atoms with Crippen molar-refractivity contribution in [3.8, 4) is 0 Å². The van der Waals surface area contributed by atoms with Crippen LogP contribution in [0, 0.1) is 5.41 Å². The topological polar surface area (TPSA) is 34.1 Å². The van der Waals surface area contributed by atoms with Crippen LogP contribution in [-0.4, -0.2) is 20.4 Å². The summed E-state index contributed by atoms with van der Waals surface area (Å²) < 4.78 is 22.0. The summed E-state index contributed by atoms with van der Waals surface area (Å²) in [7, 11) is -1.78. The minimum absolute atomic E-state index is 0.216. The molecule has 0 saturated carbocycles. The Balaban J connectivity index is 4.27. The Morgan fingerprint density at radius 3 is 1.69 bits per heavy atom. The van der Waals surface area contributed by atoms with E-state index in [1.165, 1.54) is 6.26 Å². The van der Waals surface area contributed by atoms with E-state index in [0.717, 1.165) is 35.8 Å². The summed E-state index contributed by atoms with van der Waals surface area (Å²) in [5.74, 6) is 0.731. The van der Waals surface area contributed by atoms with Crippen LogP contribution >= 0.6 is 10.8 Å². The molecule has 0 spiro atoms. The van der Waals surface area contributed by atoms with E-state index >= 15 is 0 Å². The summed E-state index contributed by atoms with van der Waals surface area (Å²) in [6.07, 6.45) is 4.46. The van der Waals surface area contributed by atoms with Gasteiger partial charge in [-0.1, -0.05) is 20.8 Å². The second-order valence-electron chi connectivity index (χ2n) is 3.53. The lowest BCUT2D eigenvalue weighted by molar-refractivity contribution is 0.295. The summed E-state index contributed by atoms with van der Waals surface area (Å²) in [6.45, 7) is 6.40. The van der Waals surface area contributed by atoms with Crippen LogP contribution in [0.2, 0.25) is 0 Å². The number of hydrogen-bond acceptors (Lipinski definition) is 3. The molecule has 0 N–H and O–H groups in total. The van der Waals surface area contributed by atoms with Gasteiger partial charge in [-0.3, -0.25) is 0 Å². The lowest BCUT2D eigenvalue weighted by atomic mass is 9.82. The first-order valence-electron chi connectivity index (χ1n) is 4.73. The molecular formula is C9H20O2S2. The summed E-state index contributed by atoms with van der Waals surface area (Å²) in [4.78, 5) is 0. The van der Waals surface area contributed by atoms with E-state index in [1.807, 2.05) is 0 Å². The molecular weight excluding hydrogens is 204 g/mol. The van der Waals surface area contributed by atoms with E-state index in [2.05, 4.69) is 20.8 Å². The van der Waals surface area contributed by atoms with E-state index in [1.54, 1.807) is 0 Å². The Bertz CT molecular complexity index is 220. The van der Waals surface area contributed by atoms with Gasteiger partial charge in [-0.2, -0.15) is 0 Å². The van der Waals surface area contributed by atoms with Crippen molar-refractivity contribution in [2.75, 3.05) is 12.0 Å². The maximum absolute atomic E-state index is 11.0. The lowest BCUT2D eigenvalue weighted by Gasteiger charge is -2.29. The maximum atomic E-state index is 11.0. The second-order valence-corrected chi connectivity index (χ2v) is 7.98. The average Bonchev–Trinajstić information content (AvgIpc) is 2.06. The Hall–Kier alpha value is 0.300. The van der Waals surface area contributed by atoms with Gasteiger partial charge >= 0.3 is 0 Å². The van der Waals surface area contributed by atoms with Crippen LogP contribution < -0.4 is 0 Å². The van der Waals surface area contributed by atoms with Gasteiger partial charge in [0.05, 0.1) is 0 Å². The molecule has 0 heterocycles. The van der Waals surface area contributed by atoms with E-state index in [-0.39, 0.29) is 5.41 Å². The fourth-order valence-electron chi connectivity index (χ4n) is 1.29. The van der Waals surface area contributed by atoms with Gasteiger partial charge in [0.25, 0.3) is 0 Å². The third-order valence-corrected chi connectivity index (χ3v) is 5.63. The Labute approximate surface area is 85.8 Å². The summed E-state index contributed by atoms with van der Waals surface area (Å²) in [5.41, 5.74) is 0.216. The molecule has 0 atom stereocenters. The van der Waals surface area contributed by atoms with E-state index in [0.29, 0.717) is 0 Å². The van der Waals surface area contributed by atoms with Gasteiger partial charge in [0.2, 0.25) is 0 Å². The average molecular weight is 224 g/mol. The molecule has 0 aromatic heterocycles. The van der Waals surface area contributed by atoms with Crippen molar-refractivity contribution in [1.82, 2.24) is 0 Å². The van der Waals surface area contributed by atoms with Crippen molar-refractivity contribution >= 4 is 19.7 Å². The predicted molar refractivity (Wildman–Crippen MR) is 60.6 cm³/mol. The van der Waals surface area contributed by atoms with Gasteiger partial charge in [0, 0.05) is 12.0 Å². The van der Waals surface area contributed by atoms with Crippen LogP contribution in [0.1, 0.15) is 40.0 Å². The van der Waals surface area contributed by atoms with Crippen LogP contribution in [0.25, 0.3) is 0 Å². The predicted octanol–water partition coefficient (Wildman–Crippen LogP) is 2.90. The Kier molecular flexibility index (Phi) is 5.37. The van der Waals surface area contributed by atoms with Gasteiger partial charge in [-0.05, 0) is 35.5 Å². The first-order valence-corrected chi connectivity index (χ1v) is 8.13. The highest BCUT2D eigenvalue weighted by Gasteiger charge is 2.25. The molecule has 0 bridgehead atoms. The molecule has 2 nitrogen and oxygen atoms in total. The normalized spacial score (nSPS) is 13.2. The van der Waals surface area contributed by atoms with Crippen molar-refractivity contribution in [2.24, 2.45) is 5.41 Å². The van der Waals surface area contributed by atoms with Crippen LogP contribution in [-0.2, 0) is 8.87 Å². The number of rotatable bonds is 6. The number of hydrogen-bond donors (Lipinski definition) is 0.